The van der Waals surface area contributed by atoms with Gasteiger partial charge in [0.15, 0.2) is 0 Å². The molecule has 1 N–H and O–H groups in total. The normalized spacial score (nSPS) is 23.7. The van der Waals surface area contributed by atoms with Crippen LogP contribution in [-0.2, 0) is 9.53 Å². The summed E-state index contributed by atoms with van der Waals surface area (Å²) in [5, 5.41) is 10.5. The van der Waals surface area contributed by atoms with Gasteiger partial charge in [-0.3, -0.25) is 9.69 Å². The van der Waals surface area contributed by atoms with E-state index in [-0.39, 0.29) is 12.1 Å². The maximum atomic E-state index is 11.4. The van der Waals surface area contributed by atoms with Gasteiger partial charge in [-0.15, -0.1) is 11.3 Å². The average Bonchev–Trinajstić information content (AvgIpc) is 3.01. The Morgan fingerprint density at radius 3 is 2.76 bits per heavy atom. The van der Waals surface area contributed by atoms with E-state index in [0.717, 1.165) is 23.7 Å². The van der Waals surface area contributed by atoms with Crippen LogP contribution in [0.2, 0.25) is 0 Å². The van der Waals surface area contributed by atoms with Crippen molar-refractivity contribution in [1.29, 1.82) is 0 Å². The van der Waals surface area contributed by atoms with Crippen molar-refractivity contribution in [3.8, 4) is 0 Å². The zero-order valence-electron chi connectivity index (χ0n) is 13.1. The highest BCUT2D eigenvalue weighted by atomic mass is 32.1. The number of rotatable bonds is 6. The summed E-state index contributed by atoms with van der Waals surface area (Å²) in [5.41, 5.74) is 1.07. The third-order valence-corrected chi connectivity index (χ3v) is 5.01. The summed E-state index contributed by atoms with van der Waals surface area (Å²) in [7, 11) is 0. The molecule has 0 spiro atoms. The first-order chi connectivity index (χ1) is 9.95. The molecule has 0 amide bonds. The smallest absolute Gasteiger partial charge is 0.310 e. The maximum Gasteiger partial charge on any atom is 0.310 e. The van der Waals surface area contributed by atoms with Crippen molar-refractivity contribution in [1.82, 2.24) is 9.88 Å². The first-order valence-electron chi connectivity index (χ1n) is 7.45. The first kappa shape index (κ1) is 16.4. The van der Waals surface area contributed by atoms with Gasteiger partial charge in [0.25, 0.3) is 0 Å². The number of carboxylic acid groups (broad SMARTS) is 1. The van der Waals surface area contributed by atoms with E-state index in [2.05, 4.69) is 30.7 Å². The van der Waals surface area contributed by atoms with E-state index in [4.69, 9.17) is 4.74 Å². The molecule has 1 aromatic rings. The number of nitrogens with zero attached hydrogens (tertiary/aromatic N) is 2. The van der Waals surface area contributed by atoms with Crippen molar-refractivity contribution in [2.45, 2.75) is 46.2 Å². The van der Waals surface area contributed by atoms with Crippen LogP contribution in [0.3, 0.4) is 0 Å². The summed E-state index contributed by atoms with van der Waals surface area (Å²) in [6.07, 6.45) is 0.981. The number of aryl methyl sites for hydroxylation is 2. The lowest BCUT2D eigenvalue weighted by Gasteiger charge is -2.35. The van der Waals surface area contributed by atoms with Crippen molar-refractivity contribution in [2.75, 3.05) is 19.8 Å². The quantitative estimate of drug-likeness (QED) is 0.875. The second-order valence-electron chi connectivity index (χ2n) is 5.64. The highest BCUT2D eigenvalue weighted by Crippen LogP contribution is 2.32. The SMILES string of the molecule is CCCN(C(C)c1nc(C)sc1C)C1COCC1C(=O)O. The van der Waals surface area contributed by atoms with Crippen LogP contribution >= 0.6 is 11.3 Å². The second-order valence-corrected chi connectivity index (χ2v) is 7.04. The van der Waals surface area contributed by atoms with E-state index in [0.29, 0.717) is 13.2 Å². The van der Waals surface area contributed by atoms with Gasteiger partial charge in [0.1, 0.15) is 0 Å². The van der Waals surface area contributed by atoms with Gasteiger partial charge in [-0.25, -0.2) is 4.98 Å². The molecule has 1 aliphatic heterocycles. The Hall–Kier alpha value is -0.980. The Bertz CT molecular complexity index is 503. The Morgan fingerprint density at radius 1 is 1.52 bits per heavy atom. The Kier molecular flexibility index (Phi) is 5.35. The number of aliphatic carboxylic acids is 1. The van der Waals surface area contributed by atoms with Crippen LogP contribution in [-0.4, -0.2) is 46.8 Å². The number of aromatic nitrogens is 1. The lowest BCUT2D eigenvalue weighted by atomic mass is 9.99. The zero-order valence-corrected chi connectivity index (χ0v) is 13.9. The van der Waals surface area contributed by atoms with E-state index in [1.54, 1.807) is 11.3 Å². The molecular weight excluding hydrogens is 288 g/mol. The summed E-state index contributed by atoms with van der Waals surface area (Å²) in [6, 6.07) is 0.0438. The minimum atomic E-state index is -0.767. The Balaban J connectivity index is 2.25. The summed E-state index contributed by atoms with van der Waals surface area (Å²) in [4.78, 5) is 19.5. The average molecular weight is 312 g/mol. The lowest BCUT2D eigenvalue weighted by Crippen LogP contribution is -2.45. The van der Waals surface area contributed by atoms with E-state index in [1.165, 1.54) is 4.88 Å². The molecule has 0 radical (unpaired) electrons. The highest BCUT2D eigenvalue weighted by molar-refractivity contribution is 7.11. The van der Waals surface area contributed by atoms with Crippen molar-refractivity contribution in [3.63, 3.8) is 0 Å². The number of hydrogen-bond acceptors (Lipinski definition) is 5. The van der Waals surface area contributed by atoms with Gasteiger partial charge in [0, 0.05) is 10.9 Å². The number of carbonyl (C=O) groups is 1. The van der Waals surface area contributed by atoms with Crippen LogP contribution in [0.15, 0.2) is 0 Å². The van der Waals surface area contributed by atoms with Crippen LogP contribution in [0.1, 0.15) is 41.9 Å². The maximum absolute atomic E-state index is 11.4. The third-order valence-electron chi connectivity index (χ3n) is 4.11. The fourth-order valence-electron chi connectivity index (χ4n) is 3.10. The summed E-state index contributed by atoms with van der Waals surface area (Å²) >= 11 is 1.70. The molecule has 0 bridgehead atoms. The topological polar surface area (TPSA) is 62.7 Å². The van der Waals surface area contributed by atoms with Crippen LogP contribution < -0.4 is 0 Å². The Morgan fingerprint density at radius 2 is 2.24 bits per heavy atom. The molecule has 0 aliphatic carbocycles. The monoisotopic (exact) mass is 312 g/mol. The van der Waals surface area contributed by atoms with Crippen molar-refractivity contribution >= 4 is 17.3 Å². The fourth-order valence-corrected chi connectivity index (χ4v) is 4.01. The minimum Gasteiger partial charge on any atom is -0.481 e. The lowest BCUT2D eigenvalue weighted by molar-refractivity contribution is -0.143. The molecule has 6 heteroatoms. The largest absolute Gasteiger partial charge is 0.481 e. The number of carboxylic acids is 1. The summed E-state index contributed by atoms with van der Waals surface area (Å²) < 4.78 is 5.44. The molecular formula is C15H24N2O3S. The van der Waals surface area contributed by atoms with Gasteiger partial charge in [0.2, 0.25) is 0 Å². The molecule has 1 aromatic heterocycles. The Labute approximate surface area is 129 Å². The van der Waals surface area contributed by atoms with Gasteiger partial charge in [0.05, 0.1) is 35.9 Å². The molecule has 3 unspecified atom stereocenters. The molecule has 21 heavy (non-hydrogen) atoms. The van der Waals surface area contributed by atoms with Crippen LogP contribution in [0.4, 0.5) is 0 Å². The van der Waals surface area contributed by atoms with Gasteiger partial charge in [-0.05, 0) is 33.7 Å². The number of hydrogen-bond donors (Lipinski definition) is 1. The number of ether oxygens (including phenoxy) is 1. The molecule has 1 aliphatic rings. The van der Waals surface area contributed by atoms with E-state index in [9.17, 15) is 9.90 Å². The zero-order chi connectivity index (χ0) is 15.6. The van der Waals surface area contributed by atoms with E-state index < -0.39 is 11.9 Å². The molecule has 5 nitrogen and oxygen atoms in total. The van der Waals surface area contributed by atoms with Crippen molar-refractivity contribution < 1.29 is 14.6 Å². The molecule has 0 saturated carbocycles. The molecule has 3 atom stereocenters. The molecule has 118 valence electrons. The van der Waals surface area contributed by atoms with Gasteiger partial charge < -0.3 is 9.84 Å². The highest BCUT2D eigenvalue weighted by Gasteiger charge is 2.40. The fraction of sp³-hybridized carbons (Fsp3) is 0.733. The van der Waals surface area contributed by atoms with E-state index >= 15 is 0 Å². The first-order valence-corrected chi connectivity index (χ1v) is 8.27. The molecule has 0 aromatic carbocycles. The summed E-state index contributed by atoms with van der Waals surface area (Å²) in [5.74, 6) is -1.21. The molecule has 1 fully saturated rings. The van der Waals surface area contributed by atoms with Crippen molar-refractivity contribution in [3.05, 3.63) is 15.6 Å². The van der Waals surface area contributed by atoms with E-state index in [1.807, 2.05) is 6.92 Å². The van der Waals surface area contributed by atoms with Gasteiger partial charge >= 0.3 is 5.97 Å². The van der Waals surface area contributed by atoms with Crippen LogP contribution in [0, 0.1) is 19.8 Å². The molecule has 2 heterocycles. The van der Waals surface area contributed by atoms with Gasteiger partial charge in [-0.1, -0.05) is 6.92 Å². The third kappa shape index (κ3) is 3.44. The van der Waals surface area contributed by atoms with Crippen LogP contribution in [0.5, 0.6) is 0 Å². The molecule has 2 rings (SSSR count). The second kappa shape index (κ2) is 6.85. The number of thiazole rings is 1. The predicted octanol–water partition coefficient (Wildman–Crippen LogP) is 2.63. The predicted molar refractivity (Wildman–Crippen MR) is 82.7 cm³/mol. The standard InChI is InChI=1S/C15H24N2O3S/c1-5-6-17(13-8-20-7-12(13)15(18)19)9(2)14-10(3)21-11(4)16-14/h9,12-13H,5-8H2,1-4H3,(H,18,19). The summed E-state index contributed by atoms with van der Waals surface area (Å²) in [6.45, 7) is 9.98. The van der Waals surface area contributed by atoms with Gasteiger partial charge in [-0.2, -0.15) is 0 Å². The minimum absolute atomic E-state index is 0.0705. The van der Waals surface area contributed by atoms with Crippen molar-refractivity contribution in [2.24, 2.45) is 5.92 Å². The van der Waals surface area contributed by atoms with Crippen LogP contribution in [0.25, 0.3) is 0 Å². The molecule has 1 saturated heterocycles.